The summed E-state index contributed by atoms with van der Waals surface area (Å²) in [5.41, 5.74) is 1.22. The minimum atomic E-state index is 0.0103. The third-order valence-electron chi connectivity index (χ3n) is 4.64. The van der Waals surface area contributed by atoms with Crippen molar-refractivity contribution in [1.82, 2.24) is 0 Å². The fraction of sp³-hybridized carbons (Fsp3) is 0.500. The maximum absolute atomic E-state index is 12.1. The van der Waals surface area contributed by atoms with Crippen molar-refractivity contribution in [2.24, 2.45) is 5.41 Å². The Bertz CT molecular complexity index is 588. The van der Waals surface area contributed by atoms with Crippen LogP contribution in [0, 0.1) is 5.41 Å². The summed E-state index contributed by atoms with van der Waals surface area (Å²) in [6.45, 7) is 2.14. The summed E-state index contributed by atoms with van der Waals surface area (Å²) in [5.74, 6) is 1.38. The van der Waals surface area contributed by atoms with Gasteiger partial charge in [-0.2, -0.15) is 0 Å². The first kappa shape index (κ1) is 17.5. The van der Waals surface area contributed by atoms with Crippen LogP contribution in [0.2, 0.25) is 0 Å². The number of benzene rings is 1. The largest absolute Gasteiger partial charge is 0.497 e. The van der Waals surface area contributed by atoms with Crippen molar-refractivity contribution in [3.8, 4) is 5.75 Å². The summed E-state index contributed by atoms with van der Waals surface area (Å²) in [4.78, 5) is 23.3. The number of ketones is 2. The normalized spacial score (nSPS) is 20.5. The smallest absolute Gasteiger partial charge is 0.155 e. The lowest BCUT2D eigenvalue weighted by Gasteiger charge is -2.28. The van der Waals surface area contributed by atoms with Crippen molar-refractivity contribution >= 4 is 11.6 Å². The van der Waals surface area contributed by atoms with Gasteiger partial charge in [-0.25, -0.2) is 0 Å². The Morgan fingerprint density at radius 2 is 2.13 bits per heavy atom. The van der Waals surface area contributed by atoms with E-state index in [0.717, 1.165) is 31.4 Å². The molecule has 0 aliphatic heterocycles. The van der Waals surface area contributed by atoms with Crippen LogP contribution in [-0.4, -0.2) is 18.7 Å². The SMILES string of the molecule is COc1cccc(CCCC(=O)CCC2(C)C=CC(=O)CC2)c1. The zero-order chi connectivity index (χ0) is 16.7. The van der Waals surface area contributed by atoms with Crippen molar-refractivity contribution in [2.45, 2.75) is 51.9 Å². The number of carbonyl (C=O) groups excluding carboxylic acids is 2. The molecule has 2 rings (SSSR count). The van der Waals surface area contributed by atoms with E-state index >= 15 is 0 Å². The van der Waals surface area contributed by atoms with Crippen LogP contribution in [0.3, 0.4) is 0 Å². The topological polar surface area (TPSA) is 43.4 Å². The lowest BCUT2D eigenvalue weighted by molar-refractivity contribution is -0.119. The zero-order valence-corrected chi connectivity index (χ0v) is 14.1. The summed E-state index contributed by atoms with van der Waals surface area (Å²) in [5, 5.41) is 0. The Hall–Kier alpha value is -1.90. The van der Waals surface area contributed by atoms with E-state index < -0.39 is 0 Å². The average Bonchev–Trinajstić information content (AvgIpc) is 2.56. The van der Waals surface area contributed by atoms with Gasteiger partial charge in [-0.1, -0.05) is 25.1 Å². The first-order chi connectivity index (χ1) is 11.0. The van der Waals surface area contributed by atoms with E-state index in [1.54, 1.807) is 13.2 Å². The Morgan fingerprint density at radius 3 is 2.83 bits per heavy atom. The zero-order valence-electron chi connectivity index (χ0n) is 14.1. The molecule has 3 heteroatoms. The van der Waals surface area contributed by atoms with Gasteiger partial charge in [0.05, 0.1) is 7.11 Å². The van der Waals surface area contributed by atoms with E-state index in [0.29, 0.717) is 25.0 Å². The monoisotopic (exact) mass is 314 g/mol. The van der Waals surface area contributed by atoms with Gasteiger partial charge in [-0.15, -0.1) is 0 Å². The number of aryl methyl sites for hydroxylation is 1. The molecule has 0 heterocycles. The summed E-state index contributed by atoms with van der Waals surface area (Å²) >= 11 is 0. The molecule has 0 bridgehead atoms. The Labute approximate surface area is 138 Å². The first-order valence-corrected chi connectivity index (χ1v) is 8.37. The van der Waals surface area contributed by atoms with E-state index in [2.05, 4.69) is 13.0 Å². The number of methoxy groups -OCH3 is 1. The molecule has 1 unspecified atom stereocenters. The van der Waals surface area contributed by atoms with Crippen molar-refractivity contribution in [1.29, 1.82) is 0 Å². The van der Waals surface area contributed by atoms with Crippen LogP contribution in [0.15, 0.2) is 36.4 Å². The molecule has 0 saturated heterocycles. The number of rotatable bonds is 8. The number of hydrogen-bond acceptors (Lipinski definition) is 3. The number of carbonyl (C=O) groups is 2. The van der Waals surface area contributed by atoms with Gasteiger partial charge in [0, 0.05) is 19.3 Å². The fourth-order valence-corrected chi connectivity index (χ4v) is 2.95. The van der Waals surface area contributed by atoms with Crippen LogP contribution in [0.25, 0.3) is 0 Å². The second-order valence-corrected chi connectivity index (χ2v) is 6.70. The molecule has 1 aromatic rings. The fourth-order valence-electron chi connectivity index (χ4n) is 2.95. The van der Waals surface area contributed by atoms with Gasteiger partial charge in [0.25, 0.3) is 0 Å². The van der Waals surface area contributed by atoms with E-state index in [9.17, 15) is 9.59 Å². The highest BCUT2D eigenvalue weighted by Crippen LogP contribution is 2.34. The number of allylic oxidation sites excluding steroid dienone is 2. The van der Waals surface area contributed by atoms with Gasteiger partial charge in [0.2, 0.25) is 0 Å². The predicted octanol–water partition coefficient (Wildman–Crippen LogP) is 4.29. The molecular formula is C20H26O3. The highest BCUT2D eigenvalue weighted by atomic mass is 16.5. The van der Waals surface area contributed by atoms with Gasteiger partial charge < -0.3 is 4.74 Å². The van der Waals surface area contributed by atoms with Crippen molar-refractivity contribution in [3.05, 3.63) is 42.0 Å². The first-order valence-electron chi connectivity index (χ1n) is 8.37. The molecule has 1 aliphatic rings. The van der Waals surface area contributed by atoms with Gasteiger partial charge in [-0.3, -0.25) is 9.59 Å². The Morgan fingerprint density at radius 1 is 1.30 bits per heavy atom. The second-order valence-electron chi connectivity index (χ2n) is 6.70. The van der Waals surface area contributed by atoms with Crippen molar-refractivity contribution in [3.63, 3.8) is 0 Å². The van der Waals surface area contributed by atoms with E-state index in [-0.39, 0.29) is 11.2 Å². The molecule has 0 fully saturated rings. The summed E-state index contributed by atoms with van der Waals surface area (Å²) in [6.07, 6.45) is 8.97. The van der Waals surface area contributed by atoms with Crippen LogP contribution >= 0.6 is 0 Å². The van der Waals surface area contributed by atoms with Gasteiger partial charge in [0.15, 0.2) is 5.78 Å². The molecule has 23 heavy (non-hydrogen) atoms. The standard InChI is InChI=1S/C20H26O3/c1-20(13-10-18(22)11-14-20)12-9-17(21)7-3-5-16-6-4-8-19(15-16)23-2/h4,6,8,10,13,15H,3,5,7,9,11-12,14H2,1-2H3. The molecule has 3 nitrogen and oxygen atoms in total. The summed E-state index contributed by atoms with van der Waals surface area (Å²) in [7, 11) is 1.66. The van der Waals surface area contributed by atoms with Crippen molar-refractivity contribution < 1.29 is 14.3 Å². The molecular weight excluding hydrogens is 288 g/mol. The minimum Gasteiger partial charge on any atom is -0.497 e. The van der Waals surface area contributed by atoms with Gasteiger partial charge >= 0.3 is 0 Å². The molecule has 0 amide bonds. The van der Waals surface area contributed by atoms with Crippen LogP contribution in [0.5, 0.6) is 5.75 Å². The maximum atomic E-state index is 12.1. The Balaban J connectivity index is 1.71. The van der Waals surface area contributed by atoms with Crippen molar-refractivity contribution in [2.75, 3.05) is 7.11 Å². The summed E-state index contributed by atoms with van der Waals surface area (Å²) < 4.78 is 5.21. The Kier molecular flexibility index (Phi) is 6.14. The summed E-state index contributed by atoms with van der Waals surface area (Å²) in [6, 6.07) is 8.00. The van der Waals surface area contributed by atoms with Crippen LogP contribution in [0.4, 0.5) is 0 Å². The molecule has 0 radical (unpaired) electrons. The van der Waals surface area contributed by atoms with Gasteiger partial charge in [0.1, 0.15) is 11.5 Å². The minimum absolute atomic E-state index is 0.0103. The quantitative estimate of drug-likeness (QED) is 0.719. The highest BCUT2D eigenvalue weighted by molar-refractivity contribution is 5.90. The van der Waals surface area contributed by atoms with E-state index in [1.807, 2.05) is 24.3 Å². The van der Waals surface area contributed by atoms with Crippen LogP contribution < -0.4 is 4.74 Å². The molecule has 0 N–H and O–H groups in total. The molecule has 124 valence electrons. The molecule has 0 saturated carbocycles. The lowest BCUT2D eigenvalue weighted by atomic mass is 9.76. The highest BCUT2D eigenvalue weighted by Gasteiger charge is 2.25. The average molecular weight is 314 g/mol. The molecule has 1 aliphatic carbocycles. The van der Waals surface area contributed by atoms with Crippen LogP contribution in [0.1, 0.15) is 51.0 Å². The molecule has 1 atom stereocenters. The van der Waals surface area contributed by atoms with E-state index in [4.69, 9.17) is 4.74 Å². The third-order valence-corrected chi connectivity index (χ3v) is 4.64. The van der Waals surface area contributed by atoms with Crippen LogP contribution in [-0.2, 0) is 16.0 Å². The predicted molar refractivity (Wildman–Crippen MR) is 91.7 cm³/mol. The van der Waals surface area contributed by atoms with Gasteiger partial charge in [-0.05, 0) is 54.9 Å². The maximum Gasteiger partial charge on any atom is 0.155 e. The molecule has 0 spiro atoms. The van der Waals surface area contributed by atoms with E-state index in [1.165, 1.54) is 5.56 Å². The number of hydrogen-bond donors (Lipinski definition) is 0. The molecule has 1 aromatic carbocycles. The third kappa shape index (κ3) is 5.66. The second kappa shape index (κ2) is 8.09. The molecule has 0 aromatic heterocycles. The number of Topliss-reactive ketones (excluding diaryl/α,β-unsaturated/α-hetero) is 1. The number of ether oxygens (including phenoxy) is 1. The lowest BCUT2D eigenvalue weighted by Crippen LogP contribution is -2.20.